The molecule has 0 aliphatic heterocycles. The number of fused-ring (bicyclic) bond motifs is 1. The van der Waals surface area contributed by atoms with Crippen LogP contribution in [0.4, 0.5) is 17.6 Å². The molecule has 0 aliphatic carbocycles. The Labute approximate surface area is 141 Å². The van der Waals surface area contributed by atoms with Gasteiger partial charge in [-0.25, -0.2) is 22.1 Å². The van der Waals surface area contributed by atoms with E-state index in [1.165, 1.54) is 6.08 Å². The highest BCUT2D eigenvalue weighted by Gasteiger charge is 2.23. The lowest BCUT2D eigenvalue weighted by Gasteiger charge is -2.08. The number of aliphatic hydroxyl groups excluding tert-OH is 1. The van der Waals surface area contributed by atoms with E-state index < -0.39 is 41.0 Å². The minimum absolute atomic E-state index is 0.638. The smallest absolute Gasteiger partial charge is 0.212 e. The Morgan fingerprint density at radius 2 is 1.56 bits per heavy atom. The van der Waals surface area contributed by atoms with Gasteiger partial charge in [0.15, 0.2) is 29.5 Å². The number of aryl methyl sites for hydroxylation is 1. The van der Waals surface area contributed by atoms with Gasteiger partial charge in [-0.3, -0.25) is 0 Å². The van der Waals surface area contributed by atoms with Gasteiger partial charge in [-0.05, 0) is 17.7 Å². The Bertz CT molecular complexity index is 969. The van der Waals surface area contributed by atoms with E-state index in [9.17, 15) is 17.6 Å². The summed E-state index contributed by atoms with van der Waals surface area (Å²) >= 11 is 0. The highest BCUT2D eigenvalue weighted by molar-refractivity contribution is 5.88. The zero-order chi connectivity index (χ0) is 18.1. The van der Waals surface area contributed by atoms with Gasteiger partial charge in [0.05, 0.1) is 23.1 Å². The third-order valence-electron chi connectivity index (χ3n) is 4.05. The number of para-hydroxylation sites is 1. The summed E-state index contributed by atoms with van der Waals surface area (Å²) in [5.74, 6) is -6.26. The molecule has 0 bridgehead atoms. The fourth-order valence-corrected chi connectivity index (χ4v) is 2.69. The molecule has 1 N–H and O–H groups in total. The Morgan fingerprint density at radius 1 is 0.920 bits per heavy atom. The summed E-state index contributed by atoms with van der Waals surface area (Å²) in [7, 11) is 1.85. The number of hydrogen-bond donors (Lipinski definition) is 1. The quantitative estimate of drug-likeness (QED) is 0.433. The van der Waals surface area contributed by atoms with Crippen LogP contribution in [0.3, 0.4) is 0 Å². The van der Waals surface area contributed by atoms with Crippen LogP contribution in [0, 0.1) is 23.3 Å². The molecular weight excluding hydrogens is 334 g/mol. The first-order valence-corrected chi connectivity index (χ1v) is 7.46. The molecule has 0 aliphatic rings. The van der Waals surface area contributed by atoms with Crippen molar-refractivity contribution in [2.75, 3.05) is 0 Å². The predicted molar refractivity (Wildman–Crippen MR) is 86.2 cm³/mol. The van der Waals surface area contributed by atoms with E-state index in [2.05, 4.69) is 0 Å². The van der Waals surface area contributed by atoms with Gasteiger partial charge in [0, 0.05) is 12.1 Å². The molecule has 3 rings (SSSR count). The summed E-state index contributed by atoms with van der Waals surface area (Å²) in [6, 6.07) is 9.11. The van der Waals surface area contributed by atoms with Gasteiger partial charge in [-0.15, -0.1) is 0 Å². The molecular formula is C19H14F4NO+. The first-order valence-electron chi connectivity index (χ1n) is 7.46. The van der Waals surface area contributed by atoms with Gasteiger partial charge in [-0.2, -0.15) is 0 Å². The number of benzene rings is 2. The highest BCUT2D eigenvalue weighted by atomic mass is 19.2. The van der Waals surface area contributed by atoms with Crippen LogP contribution in [0.5, 0.6) is 0 Å². The number of pyridine rings is 1. The molecule has 2 nitrogen and oxygen atoms in total. The lowest BCUT2D eigenvalue weighted by molar-refractivity contribution is -0.644. The predicted octanol–water partition coefficient (Wildman–Crippen LogP) is 3.88. The minimum Gasteiger partial charge on any atom is -0.391 e. The van der Waals surface area contributed by atoms with Crippen molar-refractivity contribution in [3.8, 4) is 0 Å². The molecule has 6 heteroatoms. The molecule has 0 unspecified atom stereocenters. The van der Waals surface area contributed by atoms with E-state index in [0.717, 1.165) is 17.0 Å². The van der Waals surface area contributed by atoms with E-state index in [1.807, 2.05) is 35.9 Å². The Morgan fingerprint density at radius 3 is 2.20 bits per heavy atom. The molecule has 128 valence electrons. The van der Waals surface area contributed by atoms with Crippen LogP contribution in [0.1, 0.15) is 16.7 Å². The second-order valence-electron chi connectivity index (χ2n) is 5.54. The number of nitrogens with zero attached hydrogens (tertiary/aromatic N) is 1. The molecule has 0 fully saturated rings. The van der Waals surface area contributed by atoms with Crippen LogP contribution in [-0.4, -0.2) is 5.11 Å². The standard InChI is InChI=1S/C19H14F4NO/c1-24-9-8-11(12-4-2-3-5-15(12)24)6-7-13-16(20)18(22)14(10-25)19(23)17(13)21/h2-9,25H,10H2,1H3/q+1/b7-6+. The van der Waals surface area contributed by atoms with Crippen LogP contribution in [0.25, 0.3) is 23.1 Å². The van der Waals surface area contributed by atoms with E-state index in [0.29, 0.717) is 5.56 Å². The number of halogens is 4. The maximum Gasteiger partial charge on any atom is 0.212 e. The van der Waals surface area contributed by atoms with Gasteiger partial charge in [0.25, 0.3) is 0 Å². The highest BCUT2D eigenvalue weighted by Crippen LogP contribution is 2.26. The Kier molecular flexibility index (Phi) is 4.55. The third-order valence-corrected chi connectivity index (χ3v) is 4.05. The average Bonchev–Trinajstić information content (AvgIpc) is 2.62. The van der Waals surface area contributed by atoms with Crippen molar-refractivity contribution < 1.29 is 27.2 Å². The van der Waals surface area contributed by atoms with Crippen molar-refractivity contribution in [2.24, 2.45) is 7.05 Å². The van der Waals surface area contributed by atoms with Crippen molar-refractivity contribution in [3.05, 3.63) is 76.5 Å². The Hall–Kier alpha value is -2.73. The molecule has 25 heavy (non-hydrogen) atoms. The summed E-state index contributed by atoms with van der Waals surface area (Å²) in [6.07, 6.45) is 4.14. The maximum absolute atomic E-state index is 14.0. The summed E-state index contributed by atoms with van der Waals surface area (Å²) < 4.78 is 57.4. The van der Waals surface area contributed by atoms with Crippen LogP contribution in [0.2, 0.25) is 0 Å². The number of aliphatic hydroxyl groups is 1. The zero-order valence-electron chi connectivity index (χ0n) is 13.2. The molecule has 3 aromatic rings. The first-order chi connectivity index (χ1) is 12.0. The summed E-state index contributed by atoms with van der Waals surface area (Å²) in [5, 5.41) is 9.67. The number of hydrogen-bond acceptors (Lipinski definition) is 1. The largest absolute Gasteiger partial charge is 0.391 e. The van der Waals surface area contributed by atoms with Gasteiger partial charge < -0.3 is 5.11 Å². The lowest BCUT2D eigenvalue weighted by atomic mass is 10.0. The van der Waals surface area contributed by atoms with Crippen LogP contribution < -0.4 is 4.57 Å². The molecule has 0 amide bonds. The van der Waals surface area contributed by atoms with Gasteiger partial charge in [0.2, 0.25) is 5.52 Å². The summed E-state index contributed by atoms with van der Waals surface area (Å²) in [5.41, 5.74) is -0.327. The van der Waals surface area contributed by atoms with E-state index in [1.54, 1.807) is 12.3 Å². The van der Waals surface area contributed by atoms with E-state index in [4.69, 9.17) is 5.11 Å². The van der Waals surface area contributed by atoms with Gasteiger partial charge >= 0.3 is 0 Å². The van der Waals surface area contributed by atoms with E-state index >= 15 is 0 Å². The van der Waals surface area contributed by atoms with Crippen molar-refractivity contribution in [1.29, 1.82) is 0 Å². The zero-order valence-corrected chi connectivity index (χ0v) is 13.2. The van der Waals surface area contributed by atoms with E-state index in [-0.39, 0.29) is 0 Å². The molecule has 0 radical (unpaired) electrons. The average molecular weight is 348 g/mol. The van der Waals surface area contributed by atoms with Crippen LogP contribution in [-0.2, 0) is 13.7 Å². The normalized spacial score (nSPS) is 11.6. The lowest BCUT2D eigenvalue weighted by Crippen LogP contribution is -2.28. The third kappa shape index (κ3) is 2.89. The summed E-state index contributed by atoms with van der Waals surface area (Å²) in [4.78, 5) is 0. The molecule has 0 atom stereocenters. The topological polar surface area (TPSA) is 24.1 Å². The van der Waals surface area contributed by atoms with Crippen molar-refractivity contribution in [3.63, 3.8) is 0 Å². The fourth-order valence-electron chi connectivity index (χ4n) is 2.69. The SMILES string of the molecule is C[n+]1ccc(/C=C/c2c(F)c(F)c(CO)c(F)c2F)c2ccccc21. The van der Waals surface area contributed by atoms with Crippen molar-refractivity contribution >= 4 is 23.1 Å². The van der Waals surface area contributed by atoms with Gasteiger partial charge in [-0.1, -0.05) is 18.2 Å². The second-order valence-corrected chi connectivity index (χ2v) is 5.54. The molecule has 0 saturated heterocycles. The first kappa shape index (κ1) is 17.1. The van der Waals surface area contributed by atoms with Crippen molar-refractivity contribution in [1.82, 2.24) is 0 Å². The minimum atomic E-state index is -1.59. The maximum atomic E-state index is 14.0. The number of rotatable bonds is 3. The molecule has 0 saturated carbocycles. The fraction of sp³-hybridized carbons (Fsp3) is 0.105. The van der Waals surface area contributed by atoms with Gasteiger partial charge in [0.1, 0.15) is 7.05 Å². The van der Waals surface area contributed by atoms with Crippen LogP contribution >= 0.6 is 0 Å². The monoisotopic (exact) mass is 348 g/mol. The Balaban J connectivity index is 2.15. The van der Waals surface area contributed by atoms with Crippen molar-refractivity contribution in [2.45, 2.75) is 6.61 Å². The molecule has 1 aromatic heterocycles. The molecule has 2 aromatic carbocycles. The number of aromatic nitrogens is 1. The summed E-state index contributed by atoms with van der Waals surface area (Å²) in [6.45, 7) is -1.13. The molecule has 0 spiro atoms. The second kappa shape index (κ2) is 6.64. The van der Waals surface area contributed by atoms with Crippen LogP contribution in [0.15, 0.2) is 36.5 Å². The molecule has 1 heterocycles.